The minimum Gasteiger partial charge on any atom is -0.456 e. The lowest BCUT2D eigenvalue weighted by Crippen LogP contribution is -2.10. The van der Waals surface area contributed by atoms with E-state index in [-0.39, 0.29) is 0 Å². The van der Waals surface area contributed by atoms with Crippen LogP contribution in [0.5, 0.6) is 0 Å². The average molecular weight is 819 g/mol. The summed E-state index contributed by atoms with van der Waals surface area (Å²) in [4.78, 5) is 2.29. The molecule has 0 spiro atoms. The molecule has 0 aliphatic heterocycles. The van der Waals surface area contributed by atoms with E-state index in [0.29, 0.717) is 0 Å². The maximum absolute atomic E-state index is 6.81. The molecule has 9 aromatic carbocycles. The largest absolute Gasteiger partial charge is 0.456 e. The minimum atomic E-state index is 0.804. The molecule has 0 saturated heterocycles. The third kappa shape index (κ3) is 5.63. The second-order valence-corrected chi connectivity index (χ2v) is 16.5. The molecule has 13 rings (SSSR count). The van der Waals surface area contributed by atoms with Gasteiger partial charge >= 0.3 is 0 Å². The Labute approximate surface area is 368 Å². The first kappa shape index (κ1) is 36.1. The molecule has 4 aromatic heterocycles. The number of benzene rings is 9. The Morgan fingerprint density at radius 2 is 1.00 bits per heavy atom. The monoisotopic (exact) mass is 818 g/mol. The van der Waals surface area contributed by atoms with Crippen molar-refractivity contribution in [2.24, 2.45) is 0 Å². The van der Waals surface area contributed by atoms with Crippen molar-refractivity contribution in [2.75, 3.05) is 4.90 Å². The van der Waals surface area contributed by atoms with E-state index in [1.54, 1.807) is 0 Å². The zero-order chi connectivity index (χ0) is 42.3. The fourth-order valence-electron chi connectivity index (χ4n) is 9.92. The van der Waals surface area contributed by atoms with Crippen molar-refractivity contribution in [1.82, 2.24) is 4.40 Å². The summed E-state index contributed by atoms with van der Waals surface area (Å²) < 4.78 is 15.6. The highest BCUT2D eigenvalue weighted by molar-refractivity contribution is 6.24. The zero-order valence-electron chi connectivity index (χ0n) is 34.7. The third-order valence-electron chi connectivity index (χ3n) is 12.9. The van der Waals surface area contributed by atoms with Crippen molar-refractivity contribution in [3.8, 4) is 22.3 Å². The first-order chi connectivity index (χ1) is 31.7. The summed E-state index contributed by atoms with van der Waals surface area (Å²) in [5, 5.41) is 8.30. The van der Waals surface area contributed by atoms with Gasteiger partial charge in [-0.2, -0.15) is 0 Å². The number of furan rings is 2. The van der Waals surface area contributed by atoms with Crippen LogP contribution in [0.4, 0.5) is 17.1 Å². The van der Waals surface area contributed by atoms with Crippen molar-refractivity contribution >= 4 is 93.6 Å². The van der Waals surface area contributed by atoms with Gasteiger partial charge in [-0.25, -0.2) is 0 Å². The quantitative estimate of drug-likeness (QED) is 0.143. The van der Waals surface area contributed by atoms with Gasteiger partial charge in [-0.15, -0.1) is 0 Å². The number of allylic oxidation sites excluding steroid dienone is 2. The zero-order valence-corrected chi connectivity index (χ0v) is 34.7. The van der Waals surface area contributed by atoms with Crippen LogP contribution >= 0.6 is 0 Å². The number of para-hydroxylation sites is 3. The van der Waals surface area contributed by atoms with Crippen LogP contribution in [0.2, 0.25) is 0 Å². The lowest BCUT2D eigenvalue weighted by Gasteiger charge is -2.26. The highest BCUT2D eigenvalue weighted by atomic mass is 16.3. The van der Waals surface area contributed by atoms with Gasteiger partial charge in [0.1, 0.15) is 22.5 Å². The van der Waals surface area contributed by atoms with E-state index in [1.165, 1.54) is 49.2 Å². The van der Waals surface area contributed by atoms with Crippen LogP contribution in [-0.2, 0) is 0 Å². The van der Waals surface area contributed by atoms with Crippen LogP contribution < -0.4 is 4.90 Å². The Bertz CT molecular complexity index is 3840. The molecule has 0 N–H and O–H groups in total. The number of anilines is 3. The fraction of sp³-hybridized carbons (Fsp3) is 0. The molecule has 4 heterocycles. The normalized spacial score (nSPS) is 12.2. The fourth-order valence-corrected chi connectivity index (χ4v) is 9.92. The number of nitrogens with zero attached hydrogens (tertiary/aromatic N) is 2. The van der Waals surface area contributed by atoms with Crippen molar-refractivity contribution < 1.29 is 8.83 Å². The van der Waals surface area contributed by atoms with Crippen LogP contribution in [0.3, 0.4) is 0 Å². The van der Waals surface area contributed by atoms with Crippen molar-refractivity contribution in [3.05, 3.63) is 236 Å². The average Bonchev–Trinajstić information content (AvgIpc) is 4.12. The smallest absolute Gasteiger partial charge is 0.137 e. The van der Waals surface area contributed by atoms with E-state index in [1.807, 2.05) is 30.4 Å². The summed E-state index contributed by atoms with van der Waals surface area (Å²) in [6.45, 7) is 4.02. The van der Waals surface area contributed by atoms with Gasteiger partial charge in [0.15, 0.2) is 0 Å². The maximum Gasteiger partial charge on any atom is 0.137 e. The molecule has 0 radical (unpaired) electrons. The van der Waals surface area contributed by atoms with Crippen LogP contribution in [0.1, 0.15) is 11.3 Å². The molecule has 0 amide bonds. The van der Waals surface area contributed by atoms with Gasteiger partial charge in [-0.3, -0.25) is 0 Å². The van der Waals surface area contributed by atoms with Crippen LogP contribution in [0.25, 0.3) is 98.8 Å². The topological polar surface area (TPSA) is 33.9 Å². The number of rotatable bonds is 8. The van der Waals surface area contributed by atoms with Gasteiger partial charge in [0.25, 0.3) is 0 Å². The van der Waals surface area contributed by atoms with Gasteiger partial charge in [-0.1, -0.05) is 134 Å². The molecule has 4 heteroatoms. The maximum atomic E-state index is 6.81. The minimum absolute atomic E-state index is 0.804. The molecule has 0 bridgehead atoms. The molecule has 13 aromatic rings. The summed E-state index contributed by atoms with van der Waals surface area (Å²) in [7, 11) is 0. The molecule has 0 unspecified atom stereocenters. The number of aromatic nitrogens is 1. The number of hydrogen-bond acceptors (Lipinski definition) is 3. The second kappa shape index (κ2) is 14.2. The molecular formula is C60H38N2O2. The van der Waals surface area contributed by atoms with Crippen LogP contribution in [0.15, 0.2) is 234 Å². The lowest BCUT2D eigenvalue weighted by atomic mass is 9.98. The number of hydrogen-bond donors (Lipinski definition) is 0. The van der Waals surface area contributed by atoms with E-state index < -0.39 is 0 Å². The molecule has 300 valence electrons. The molecular weight excluding hydrogens is 781 g/mol. The molecule has 0 fully saturated rings. The predicted octanol–water partition coefficient (Wildman–Crippen LogP) is 16.9. The summed E-state index contributed by atoms with van der Waals surface area (Å²) >= 11 is 0. The van der Waals surface area contributed by atoms with Crippen molar-refractivity contribution in [1.29, 1.82) is 0 Å². The Balaban J connectivity index is 0.915. The lowest BCUT2D eigenvalue weighted by molar-refractivity contribution is 0.600. The summed E-state index contributed by atoms with van der Waals surface area (Å²) in [5.41, 5.74) is 16.0. The molecule has 0 aliphatic carbocycles. The molecule has 0 saturated carbocycles. The predicted molar refractivity (Wildman–Crippen MR) is 267 cm³/mol. The van der Waals surface area contributed by atoms with E-state index in [2.05, 4.69) is 204 Å². The number of fused-ring (bicyclic) bond motifs is 10. The van der Waals surface area contributed by atoms with E-state index in [4.69, 9.17) is 8.83 Å². The molecule has 0 aliphatic rings. The van der Waals surface area contributed by atoms with Gasteiger partial charge in [0.05, 0.1) is 16.6 Å². The first-order valence-corrected chi connectivity index (χ1v) is 21.7. The summed E-state index contributed by atoms with van der Waals surface area (Å²) in [6, 6.07) is 73.5. The highest BCUT2D eigenvalue weighted by Crippen LogP contribution is 2.44. The molecule has 4 nitrogen and oxygen atoms in total. The summed E-state index contributed by atoms with van der Waals surface area (Å²) in [6.07, 6.45) is 3.83. The van der Waals surface area contributed by atoms with Gasteiger partial charge in [0, 0.05) is 66.4 Å². The highest BCUT2D eigenvalue weighted by Gasteiger charge is 2.21. The van der Waals surface area contributed by atoms with E-state index in [0.717, 1.165) is 78.0 Å². The second-order valence-electron chi connectivity index (χ2n) is 16.5. The van der Waals surface area contributed by atoms with Crippen molar-refractivity contribution in [3.63, 3.8) is 0 Å². The molecule has 0 atom stereocenters. The first-order valence-electron chi connectivity index (χ1n) is 21.7. The van der Waals surface area contributed by atoms with Gasteiger partial charge in [0.2, 0.25) is 0 Å². The Morgan fingerprint density at radius 3 is 1.70 bits per heavy atom. The van der Waals surface area contributed by atoms with Crippen LogP contribution in [-0.4, -0.2) is 4.40 Å². The van der Waals surface area contributed by atoms with E-state index >= 15 is 0 Å². The van der Waals surface area contributed by atoms with Gasteiger partial charge < -0.3 is 18.1 Å². The Kier molecular flexibility index (Phi) is 8.03. The van der Waals surface area contributed by atoms with Crippen molar-refractivity contribution in [2.45, 2.75) is 0 Å². The Hall–Kier alpha value is -8.60. The van der Waals surface area contributed by atoms with Gasteiger partial charge in [-0.05, 0) is 113 Å². The van der Waals surface area contributed by atoms with Crippen LogP contribution in [0, 0.1) is 0 Å². The standard InChI is InChI=1S/C60H38N2O2/c1-2-12-47(57-36-42-15-6-11-20-56(42)63-57)40-23-28-45(29-24-40)61(44-26-21-39(22-27-44)38-13-4-3-5-14-38)46-30-32-51-50-31-25-41(35-58(50)64-59(51)37-46)43-33-52-48-16-7-9-18-54(48)62-55-19-10-8-17-49(55)53(34-43)60(52)62/h2-37H,1H2/b47-12-. The SMILES string of the molecule is C=C/C=C(/c1ccc(N(c2ccc(-c3ccccc3)cc2)c2ccc3c(c2)oc2cc(-c4cc5c6ccccc6n6c7ccccc7c(c4)c56)ccc23)cc1)c1cc2ccccc2o1. The van der Waals surface area contributed by atoms with E-state index in [9.17, 15) is 0 Å². The summed E-state index contributed by atoms with van der Waals surface area (Å²) in [5.74, 6) is 0.804. The third-order valence-corrected chi connectivity index (χ3v) is 12.9. The Morgan fingerprint density at radius 1 is 0.422 bits per heavy atom. The molecule has 64 heavy (non-hydrogen) atoms.